The van der Waals surface area contributed by atoms with E-state index in [0.717, 1.165) is 24.0 Å². The third-order valence-electron chi connectivity index (χ3n) is 4.40. The Kier molecular flexibility index (Phi) is 5.00. The van der Waals surface area contributed by atoms with Crippen molar-refractivity contribution in [3.05, 3.63) is 39.0 Å². The molecular weight excluding hydrogens is 470 g/mol. The number of nitrogens with zero attached hydrogens (tertiary/aromatic N) is 3. The van der Waals surface area contributed by atoms with E-state index in [9.17, 15) is 13.2 Å². The van der Waals surface area contributed by atoms with Gasteiger partial charge >= 0.3 is 0 Å². The number of piperazine rings is 1. The van der Waals surface area contributed by atoms with Gasteiger partial charge in [0.2, 0.25) is 0 Å². The van der Waals surface area contributed by atoms with Crippen molar-refractivity contribution in [2.75, 3.05) is 37.3 Å². The van der Waals surface area contributed by atoms with E-state index >= 15 is 0 Å². The monoisotopic (exact) mass is 485 g/mol. The molecule has 3 heterocycles. The quantitative estimate of drug-likeness (QED) is 0.567. The van der Waals surface area contributed by atoms with Crippen LogP contribution in [-0.4, -0.2) is 56.6 Å². The van der Waals surface area contributed by atoms with Crippen molar-refractivity contribution in [2.45, 2.75) is 4.90 Å². The lowest BCUT2D eigenvalue weighted by molar-refractivity contribution is 0.0751. The van der Waals surface area contributed by atoms with E-state index < -0.39 is 9.84 Å². The van der Waals surface area contributed by atoms with E-state index in [0.29, 0.717) is 31.1 Å². The molecule has 0 aliphatic carbocycles. The molecule has 2 aromatic heterocycles. The molecule has 0 unspecified atom stereocenters. The number of hydrogen-bond acceptors (Lipinski definition) is 7. The van der Waals surface area contributed by atoms with Gasteiger partial charge < -0.3 is 9.80 Å². The second-order valence-corrected chi connectivity index (χ2v) is 11.8. The fourth-order valence-corrected chi connectivity index (χ4v) is 6.08. The van der Waals surface area contributed by atoms with E-state index in [1.165, 1.54) is 28.9 Å². The Bertz CT molecular complexity index is 1110. The second kappa shape index (κ2) is 7.16. The fraction of sp³-hybridized carbons (Fsp3) is 0.294. The predicted molar refractivity (Wildman–Crippen MR) is 113 cm³/mol. The van der Waals surface area contributed by atoms with Crippen LogP contribution in [0.5, 0.6) is 0 Å². The number of rotatable bonds is 3. The molecule has 1 aromatic carbocycles. The molecule has 0 atom stereocenters. The summed E-state index contributed by atoms with van der Waals surface area (Å²) in [5.74, 6) is 0.0624. The summed E-state index contributed by atoms with van der Waals surface area (Å²) in [6.07, 6.45) is 1.21. The Morgan fingerprint density at radius 1 is 1.11 bits per heavy atom. The van der Waals surface area contributed by atoms with Gasteiger partial charge in [-0.15, -0.1) is 11.3 Å². The van der Waals surface area contributed by atoms with Gasteiger partial charge in [0.1, 0.15) is 0 Å². The molecule has 1 aliphatic heterocycles. The van der Waals surface area contributed by atoms with Crippen molar-refractivity contribution in [1.82, 2.24) is 9.88 Å². The maximum absolute atomic E-state index is 12.6. The molecule has 0 bridgehead atoms. The minimum Gasteiger partial charge on any atom is -0.345 e. The molecule has 3 aromatic rings. The van der Waals surface area contributed by atoms with Crippen LogP contribution in [0.25, 0.3) is 10.2 Å². The highest BCUT2D eigenvalue weighted by Gasteiger charge is 2.25. The Labute approximate surface area is 173 Å². The summed E-state index contributed by atoms with van der Waals surface area (Å²) in [5.41, 5.74) is 0.796. The number of thiazole rings is 1. The molecule has 10 heteroatoms. The fourth-order valence-electron chi connectivity index (χ4n) is 2.94. The molecule has 1 fully saturated rings. The average molecular weight is 486 g/mol. The van der Waals surface area contributed by atoms with Gasteiger partial charge in [-0.2, -0.15) is 0 Å². The molecule has 0 spiro atoms. The summed E-state index contributed by atoms with van der Waals surface area (Å²) < 4.78 is 25.3. The van der Waals surface area contributed by atoms with Crippen molar-refractivity contribution in [3.63, 3.8) is 0 Å². The predicted octanol–water partition coefficient (Wildman–Crippen LogP) is 3.49. The molecule has 1 aliphatic rings. The third-order valence-corrected chi connectivity index (χ3v) is 8.20. The number of carbonyl (C=O) groups is 1. The lowest BCUT2D eigenvalue weighted by Crippen LogP contribution is -2.48. The van der Waals surface area contributed by atoms with E-state index in [1.54, 1.807) is 18.2 Å². The summed E-state index contributed by atoms with van der Waals surface area (Å²) >= 11 is 6.33. The van der Waals surface area contributed by atoms with Crippen molar-refractivity contribution in [3.8, 4) is 0 Å². The SMILES string of the molecule is CS(=O)(=O)c1ccc2nc(N3CCN(C(=O)c4ccc(Br)s4)CC3)sc2c1. The Hall–Kier alpha value is -1.49. The van der Waals surface area contributed by atoms with Crippen molar-refractivity contribution < 1.29 is 13.2 Å². The van der Waals surface area contributed by atoms with Crippen molar-refractivity contribution >= 4 is 69.7 Å². The Morgan fingerprint density at radius 3 is 2.48 bits per heavy atom. The molecule has 6 nitrogen and oxygen atoms in total. The molecule has 142 valence electrons. The van der Waals surface area contributed by atoms with Gasteiger partial charge in [0.15, 0.2) is 15.0 Å². The van der Waals surface area contributed by atoms with Gasteiger partial charge in [0.05, 0.1) is 23.8 Å². The molecule has 1 saturated heterocycles. The van der Waals surface area contributed by atoms with Crippen LogP contribution in [0.4, 0.5) is 5.13 Å². The first-order valence-electron chi connectivity index (χ1n) is 8.21. The van der Waals surface area contributed by atoms with Crippen LogP contribution in [0.1, 0.15) is 9.67 Å². The van der Waals surface area contributed by atoms with Crippen LogP contribution >= 0.6 is 38.6 Å². The van der Waals surface area contributed by atoms with Gasteiger partial charge in [-0.25, -0.2) is 13.4 Å². The molecule has 0 radical (unpaired) electrons. The number of amides is 1. The second-order valence-electron chi connectivity index (χ2n) is 6.28. The van der Waals surface area contributed by atoms with Gasteiger partial charge in [0.25, 0.3) is 5.91 Å². The van der Waals surface area contributed by atoms with Gasteiger partial charge in [-0.3, -0.25) is 4.79 Å². The number of benzene rings is 1. The zero-order valence-electron chi connectivity index (χ0n) is 14.4. The van der Waals surface area contributed by atoms with E-state index in [-0.39, 0.29) is 5.91 Å². The minimum absolute atomic E-state index is 0.0624. The van der Waals surface area contributed by atoms with Crippen LogP contribution in [0.2, 0.25) is 0 Å². The van der Waals surface area contributed by atoms with Crippen molar-refractivity contribution in [2.24, 2.45) is 0 Å². The average Bonchev–Trinajstić information content (AvgIpc) is 3.26. The molecule has 4 rings (SSSR count). The number of hydrogen-bond donors (Lipinski definition) is 0. The lowest BCUT2D eigenvalue weighted by atomic mass is 10.3. The first-order chi connectivity index (χ1) is 12.8. The number of aromatic nitrogens is 1. The molecule has 0 N–H and O–H groups in total. The molecule has 0 saturated carbocycles. The number of carbonyl (C=O) groups excluding carboxylic acids is 1. The Balaban J connectivity index is 1.48. The summed E-state index contributed by atoms with van der Waals surface area (Å²) in [6.45, 7) is 2.69. The standard InChI is InChI=1S/C17H16BrN3O3S3/c1-27(23,24)11-2-3-12-14(10-11)26-17(19-12)21-8-6-20(7-9-21)16(22)13-4-5-15(18)25-13/h2-5,10H,6-9H2,1H3. The maximum atomic E-state index is 12.6. The molecule has 27 heavy (non-hydrogen) atoms. The summed E-state index contributed by atoms with van der Waals surface area (Å²) in [4.78, 5) is 22.3. The highest BCUT2D eigenvalue weighted by Crippen LogP contribution is 2.31. The lowest BCUT2D eigenvalue weighted by Gasteiger charge is -2.34. The molecular formula is C17H16BrN3O3S3. The molecule has 1 amide bonds. The largest absolute Gasteiger partial charge is 0.345 e. The minimum atomic E-state index is -3.23. The number of anilines is 1. The van der Waals surface area contributed by atoms with Crippen LogP contribution in [0.15, 0.2) is 39.0 Å². The van der Waals surface area contributed by atoms with Crippen LogP contribution in [0, 0.1) is 0 Å². The normalized spacial score (nSPS) is 15.5. The topological polar surface area (TPSA) is 70.6 Å². The van der Waals surface area contributed by atoms with Crippen molar-refractivity contribution in [1.29, 1.82) is 0 Å². The Morgan fingerprint density at radius 2 is 1.85 bits per heavy atom. The van der Waals surface area contributed by atoms with Gasteiger partial charge in [-0.05, 0) is 46.3 Å². The number of sulfone groups is 1. The zero-order chi connectivity index (χ0) is 19.2. The van der Waals surface area contributed by atoms with Crippen LogP contribution in [-0.2, 0) is 9.84 Å². The highest BCUT2D eigenvalue weighted by molar-refractivity contribution is 9.11. The van der Waals surface area contributed by atoms with Gasteiger partial charge in [-0.1, -0.05) is 11.3 Å². The third kappa shape index (κ3) is 3.89. The summed E-state index contributed by atoms with van der Waals surface area (Å²) in [5, 5.41) is 0.863. The number of halogens is 1. The van der Waals surface area contributed by atoms with Gasteiger partial charge in [0, 0.05) is 32.4 Å². The number of thiophene rings is 1. The van der Waals surface area contributed by atoms with E-state index in [2.05, 4.69) is 25.8 Å². The number of fused-ring (bicyclic) bond motifs is 1. The van der Waals surface area contributed by atoms with Crippen LogP contribution in [0.3, 0.4) is 0 Å². The summed E-state index contributed by atoms with van der Waals surface area (Å²) in [6, 6.07) is 8.76. The first kappa shape index (κ1) is 18.9. The van der Waals surface area contributed by atoms with E-state index in [4.69, 9.17) is 0 Å². The maximum Gasteiger partial charge on any atom is 0.264 e. The highest BCUT2D eigenvalue weighted by atomic mass is 79.9. The van der Waals surface area contributed by atoms with E-state index in [1.807, 2.05) is 17.0 Å². The summed E-state index contributed by atoms with van der Waals surface area (Å²) in [7, 11) is -3.23. The zero-order valence-corrected chi connectivity index (χ0v) is 18.4. The van der Waals surface area contributed by atoms with Crippen LogP contribution < -0.4 is 4.90 Å². The smallest absolute Gasteiger partial charge is 0.264 e. The first-order valence-corrected chi connectivity index (χ1v) is 12.5.